The Morgan fingerprint density at radius 1 is 1.45 bits per heavy atom. The SMILES string of the molecule is CC(CC(=O)N1CCc2ccccc21)C1CCCNC1. The van der Waals surface area contributed by atoms with Crippen molar-refractivity contribution in [1.29, 1.82) is 0 Å². The maximum absolute atomic E-state index is 12.6. The largest absolute Gasteiger partial charge is 0.316 e. The normalized spacial score (nSPS) is 23.4. The average molecular weight is 272 g/mol. The van der Waals surface area contributed by atoms with E-state index in [0.717, 1.165) is 31.7 Å². The first-order valence-electron chi connectivity index (χ1n) is 7.84. The first-order chi connectivity index (χ1) is 9.75. The molecule has 2 aliphatic rings. The number of amides is 1. The van der Waals surface area contributed by atoms with Crippen molar-refractivity contribution < 1.29 is 4.79 Å². The fourth-order valence-electron chi connectivity index (χ4n) is 3.51. The number of nitrogens with zero attached hydrogens (tertiary/aromatic N) is 1. The van der Waals surface area contributed by atoms with Gasteiger partial charge >= 0.3 is 0 Å². The number of rotatable bonds is 3. The van der Waals surface area contributed by atoms with E-state index >= 15 is 0 Å². The van der Waals surface area contributed by atoms with Crippen LogP contribution in [0, 0.1) is 11.8 Å². The second-order valence-corrected chi connectivity index (χ2v) is 6.21. The molecule has 108 valence electrons. The summed E-state index contributed by atoms with van der Waals surface area (Å²) < 4.78 is 0. The van der Waals surface area contributed by atoms with Crippen LogP contribution < -0.4 is 10.2 Å². The van der Waals surface area contributed by atoms with Gasteiger partial charge in [0.1, 0.15) is 0 Å². The van der Waals surface area contributed by atoms with E-state index in [1.54, 1.807) is 0 Å². The quantitative estimate of drug-likeness (QED) is 0.917. The lowest BCUT2D eigenvalue weighted by Gasteiger charge is -2.29. The monoisotopic (exact) mass is 272 g/mol. The first-order valence-corrected chi connectivity index (χ1v) is 7.84. The highest BCUT2D eigenvalue weighted by atomic mass is 16.2. The molecule has 1 saturated heterocycles. The van der Waals surface area contributed by atoms with E-state index in [-0.39, 0.29) is 0 Å². The van der Waals surface area contributed by atoms with Gasteiger partial charge in [0.05, 0.1) is 0 Å². The van der Waals surface area contributed by atoms with Gasteiger partial charge in [-0.3, -0.25) is 4.79 Å². The number of benzene rings is 1. The molecule has 3 heteroatoms. The van der Waals surface area contributed by atoms with E-state index in [1.807, 2.05) is 11.0 Å². The Morgan fingerprint density at radius 3 is 3.10 bits per heavy atom. The molecule has 2 unspecified atom stereocenters. The summed E-state index contributed by atoms with van der Waals surface area (Å²) in [6.07, 6.45) is 4.19. The van der Waals surface area contributed by atoms with Crippen LogP contribution in [-0.2, 0) is 11.2 Å². The number of carbonyl (C=O) groups is 1. The number of para-hydroxylation sites is 1. The van der Waals surface area contributed by atoms with Crippen LogP contribution in [0.1, 0.15) is 31.7 Å². The van der Waals surface area contributed by atoms with Crippen LogP contribution in [0.15, 0.2) is 24.3 Å². The summed E-state index contributed by atoms with van der Waals surface area (Å²) in [6, 6.07) is 8.30. The zero-order chi connectivity index (χ0) is 13.9. The third kappa shape index (κ3) is 2.73. The molecule has 2 heterocycles. The van der Waals surface area contributed by atoms with Crippen LogP contribution in [0.3, 0.4) is 0 Å². The second-order valence-electron chi connectivity index (χ2n) is 6.21. The highest BCUT2D eigenvalue weighted by Crippen LogP contribution is 2.30. The summed E-state index contributed by atoms with van der Waals surface area (Å²) in [6.45, 7) is 5.30. The highest BCUT2D eigenvalue weighted by molar-refractivity contribution is 5.95. The van der Waals surface area contributed by atoms with Gasteiger partial charge in [0.15, 0.2) is 0 Å². The van der Waals surface area contributed by atoms with Gasteiger partial charge in [0.2, 0.25) is 5.91 Å². The lowest BCUT2D eigenvalue weighted by Crippen LogP contribution is -2.36. The summed E-state index contributed by atoms with van der Waals surface area (Å²) in [5.41, 5.74) is 2.44. The number of carbonyl (C=O) groups excluding carboxylic acids is 1. The van der Waals surface area contributed by atoms with Crippen molar-refractivity contribution in [1.82, 2.24) is 5.32 Å². The molecule has 0 radical (unpaired) electrons. The lowest BCUT2D eigenvalue weighted by molar-refractivity contribution is -0.119. The van der Waals surface area contributed by atoms with Crippen LogP contribution in [0.25, 0.3) is 0 Å². The molecule has 1 fully saturated rings. The Hall–Kier alpha value is -1.35. The van der Waals surface area contributed by atoms with Crippen LogP contribution in [0.2, 0.25) is 0 Å². The molecule has 1 aromatic carbocycles. The second kappa shape index (κ2) is 5.96. The zero-order valence-corrected chi connectivity index (χ0v) is 12.3. The number of nitrogens with one attached hydrogen (secondary N) is 1. The fraction of sp³-hybridized carbons (Fsp3) is 0.588. The number of piperidine rings is 1. The molecule has 20 heavy (non-hydrogen) atoms. The lowest BCUT2D eigenvalue weighted by atomic mass is 9.85. The van der Waals surface area contributed by atoms with Crippen molar-refractivity contribution in [2.75, 3.05) is 24.5 Å². The van der Waals surface area contributed by atoms with Crippen molar-refractivity contribution in [3.05, 3.63) is 29.8 Å². The minimum atomic E-state index is 0.299. The average Bonchev–Trinajstić information content (AvgIpc) is 2.92. The predicted octanol–water partition coefficient (Wildman–Crippen LogP) is 2.60. The zero-order valence-electron chi connectivity index (χ0n) is 12.3. The van der Waals surface area contributed by atoms with Gasteiger partial charge in [-0.2, -0.15) is 0 Å². The molecule has 1 N–H and O–H groups in total. The molecule has 0 bridgehead atoms. The molecular formula is C17H24N2O. The van der Waals surface area contributed by atoms with E-state index in [2.05, 4.69) is 30.4 Å². The Labute approximate surface area is 121 Å². The standard InChI is InChI=1S/C17H24N2O/c1-13(15-6-4-9-18-12-15)11-17(20)19-10-8-14-5-2-3-7-16(14)19/h2-3,5,7,13,15,18H,4,6,8-12H2,1H3. The highest BCUT2D eigenvalue weighted by Gasteiger charge is 2.28. The number of anilines is 1. The molecule has 3 nitrogen and oxygen atoms in total. The maximum Gasteiger partial charge on any atom is 0.227 e. The van der Waals surface area contributed by atoms with Crippen LogP contribution in [0.5, 0.6) is 0 Å². The van der Waals surface area contributed by atoms with E-state index < -0.39 is 0 Å². The summed E-state index contributed by atoms with van der Waals surface area (Å²) >= 11 is 0. The first kappa shape index (κ1) is 13.6. The fourth-order valence-corrected chi connectivity index (χ4v) is 3.51. The Kier molecular flexibility index (Phi) is 4.06. The third-order valence-corrected chi connectivity index (χ3v) is 4.82. The van der Waals surface area contributed by atoms with Gasteiger partial charge in [-0.05, 0) is 55.8 Å². The number of fused-ring (bicyclic) bond motifs is 1. The molecule has 0 aromatic heterocycles. The molecule has 2 aliphatic heterocycles. The molecule has 0 saturated carbocycles. The van der Waals surface area contributed by atoms with Gasteiger partial charge in [-0.1, -0.05) is 25.1 Å². The maximum atomic E-state index is 12.6. The molecule has 0 aliphatic carbocycles. The summed E-state index contributed by atoms with van der Waals surface area (Å²) in [7, 11) is 0. The molecule has 0 spiro atoms. The molecule has 1 amide bonds. The summed E-state index contributed by atoms with van der Waals surface area (Å²) in [5.74, 6) is 1.43. The molecule has 2 atom stereocenters. The number of hydrogen-bond acceptors (Lipinski definition) is 2. The third-order valence-electron chi connectivity index (χ3n) is 4.82. The van der Waals surface area contributed by atoms with Gasteiger partial charge in [-0.15, -0.1) is 0 Å². The van der Waals surface area contributed by atoms with Crippen molar-refractivity contribution in [2.45, 2.75) is 32.6 Å². The van der Waals surface area contributed by atoms with Gasteiger partial charge in [0.25, 0.3) is 0 Å². The van der Waals surface area contributed by atoms with Gasteiger partial charge in [-0.25, -0.2) is 0 Å². The predicted molar refractivity (Wildman–Crippen MR) is 81.9 cm³/mol. The van der Waals surface area contributed by atoms with Gasteiger partial charge < -0.3 is 10.2 Å². The van der Waals surface area contributed by atoms with E-state index in [4.69, 9.17) is 0 Å². The summed E-state index contributed by atoms with van der Waals surface area (Å²) in [5, 5.41) is 3.45. The van der Waals surface area contributed by atoms with Crippen LogP contribution >= 0.6 is 0 Å². The van der Waals surface area contributed by atoms with Crippen molar-refractivity contribution in [3.8, 4) is 0 Å². The van der Waals surface area contributed by atoms with E-state index in [1.165, 1.54) is 18.4 Å². The molecule has 1 aromatic rings. The molecule has 3 rings (SSSR count). The number of hydrogen-bond donors (Lipinski definition) is 1. The van der Waals surface area contributed by atoms with Crippen LogP contribution in [-0.4, -0.2) is 25.5 Å². The van der Waals surface area contributed by atoms with E-state index in [0.29, 0.717) is 24.2 Å². The minimum Gasteiger partial charge on any atom is -0.316 e. The molecular weight excluding hydrogens is 248 g/mol. The topological polar surface area (TPSA) is 32.3 Å². The van der Waals surface area contributed by atoms with Crippen LogP contribution in [0.4, 0.5) is 5.69 Å². The van der Waals surface area contributed by atoms with Crippen molar-refractivity contribution >= 4 is 11.6 Å². The Balaban J connectivity index is 1.62. The Bertz CT molecular complexity index is 480. The van der Waals surface area contributed by atoms with E-state index in [9.17, 15) is 4.79 Å². The smallest absolute Gasteiger partial charge is 0.227 e. The van der Waals surface area contributed by atoms with Crippen molar-refractivity contribution in [2.24, 2.45) is 11.8 Å². The Morgan fingerprint density at radius 2 is 2.30 bits per heavy atom. The minimum absolute atomic E-state index is 0.299. The summed E-state index contributed by atoms with van der Waals surface area (Å²) in [4.78, 5) is 14.6. The van der Waals surface area contributed by atoms with Gasteiger partial charge in [0, 0.05) is 18.7 Å². The van der Waals surface area contributed by atoms with Crippen molar-refractivity contribution in [3.63, 3.8) is 0 Å².